The van der Waals surface area contributed by atoms with Crippen molar-refractivity contribution in [2.45, 2.75) is 32.2 Å². The summed E-state index contributed by atoms with van der Waals surface area (Å²) in [4.78, 5) is 14.8. The van der Waals surface area contributed by atoms with Crippen molar-refractivity contribution in [3.63, 3.8) is 0 Å². The minimum Gasteiger partial charge on any atom is -0.454 e. The third kappa shape index (κ3) is 3.91. The maximum absolute atomic E-state index is 13.5. The lowest BCUT2D eigenvalue weighted by atomic mass is 10.0. The number of morpholine rings is 1. The molecule has 180 valence electrons. The highest BCUT2D eigenvalue weighted by Gasteiger charge is 2.30. The van der Waals surface area contributed by atoms with Crippen molar-refractivity contribution in [2.24, 2.45) is 0 Å². The number of ether oxygens (including phenoxy) is 3. The van der Waals surface area contributed by atoms with Crippen LogP contribution in [0.2, 0.25) is 0 Å². The minimum absolute atomic E-state index is 0.0485. The molecule has 1 saturated heterocycles. The maximum atomic E-state index is 13.5. The highest BCUT2D eigenvalue weighted by Crippen LogP contribution is 2.36. The Morgan fingerprint density at radius 2 is 1.76 bits per heavy atom. The van der Waals surface area contributed by atoms with Crippen LogP contribution in [-0.4, -0.2) is 52.3 Å². The fourth-order valence-electron chi connectivity index (χ4n) is 4.28. The average Bonchev–Trinajstić information content (AvgIpc) is 3.42. The number of hydrogen-bond acceptors (Lipinski definition) is 7. The molecule has 1 aromatic heterocycles. The van der Waals surface area contributed by atoms with Crippen LogP contribution < -0.4 is 14.2 Å². The van der Waals surface area contributed by atoms with Crippen LogP contribution in [0.3, 0.4) is 0 Å². The predicted octanol–water partition coefficient (Wildman–Crippen LogP) is 3.04. The van der Waals surface area contributed by atoms with Gasteiger partial charge in [0.2, 0.25) is 16.8 Å². The summed E-state index contributed by atoms with van der Waals surface area (Å²) >= 11 is 0. The molecule has 0 aliphatic carbocycles. The Morgan fingerprint density at radius 3 is 2.53 bits per heavy atom. The van der Waals surface area contributed by atoms with E-state index >= 15 is 0 Å². The SMILES string of the molecule is Cc1cc2c(C)c(C(=O)N3CCOCC3)oc2c(S(=O)(=O)NCc2ccc3c(c2)OCO3)c1C. The summed E-state index contributed by atoms with van der Waals surface area (Å²) in [7, 11) is -3.97. The molecule has 0 spiro atoms. The van der Waals surface area contributed by atoms with Crippen LogP contribution in [0, 0.1) is 20.8 Å². The quantitative estimate of drug-likeness (QED) is 0.591. The maximum Gasteiger partial charge on any atom is 0.290 e. The Hall–Kier alpha value is -3.08. The lowest BCUT2D eigenvalue weighted by Crippen LogP contribution is -2.40. The first-order chi connectivity index (χ1) is 16.3. The van der Waals surface area contributed by atoms with Gasteiger partial charge in [0.05, 0.1) is 13.2 Å². The molecule has 3 aromatic rings. The summed E-state index contributed by atoms with van der Waals surface area (Å²) in [5.41, 5.74) is 2.92. The Balaban J connectivity index is 1.51. The second-order valence-electron chi connectivity index (χ2n) is 8.50. The van der Waals surface area contributed by atoms with Crippen LogP contribution in [0.5, 0.6) is 11.5 Å². The summed E-state index contributed by atoms with van der Waals surface area (Å²) in [6, 6.07) is 7.16. The van der Waals surface area contributed by atoms with Gasteiger partial charge in [0.25, 0.3) is 5.91 Å². The van der Waals surface area contributed by atoms with Crippen molar-refractivity contribution in [1.29, 1.82) is 0 Å². The monoisotopic (exact) mass is 486 g/mol. The zero-order chi connectivity index (χ0) is 24.0. The molecule has 0 bridgehead atoms. The predicted molar refractivity (Wildman–Crippen MR) is 124 cm³/mol. The van der Waals surface area contributed by atoms with Gasteiger partial charge >= 0.3 is 0 Å². The van der Waals surface area contributed by atoms with Crippen molar-refractivity contribution < 1.29 is 31.8 Å². The molecule has 0 atom stereocenters. The van der Waals surface area contributed by atoms with E-state index in [-0.39, 0.29) is 35.5 Å². The molecule has 10 heteroatoms. The number of carbonyl (C=O) groups excluding carboxylic acids is 1. The lowest BCUT2D eigenvalue weighted by Gasteiger charge is -2.26. The van der Waals surface area contributed by atoms with E-state index in [1.807, 2.05) is 13.0 Å². The number of furan rings is 1. The molecular formula is C24H26N2O7S. The first-order valence-electron chi connectivity index (χ1n) is 11.0. The molecular weight excluding hydrogens is 460 g/mol. The molecule has 2 aliphatic rings. The van der Waals surface area contributed by atoms with Crippen LogP contribution in [0.4, 0.5) is 0 Å². The fraction of sp³-hybridized carbons (Fsp3) is 0.375. The molecule has 9 nitrogen and oxygen atoms in total. The Labute approximate surface area is 197 Å². The number of aryl methyl sites for hydroxylation is 2. The number of hydrogen-bond donors (Lipinski definition) is 1. The lowest BCUT2D eigenvalue weighted by molar-refractivity contribution is 0.0283. The third-order valence-electron chi connectivity index (χ3n) is 6.36. The van der Waals surface area contributed by atoms with E-state index in [1.54, 1.807) is 36.9 Å². The summed E-state index contributed by atoms with van der Waals surface area (Å²) < 4.78 is 51.6. The van der Waals surface area contributed by atoms with Crippen LogP contribution >= 0.6 is 0 Å². The summed E-state index contributed by atoms with van der Waals surface area (Å²) in [6.07, 6.45) is 0. The molecule has 0 radical (unpaired) electrons. The number of nitrogens with one attached hydrogen (secondary N) is 1. The van der Waals surface area contributed by atoms with Gasteiger partial charge in [-0.05, 0) is 55.7 Å². The molecule has 0 unspecified atom stereocenters. The fourth-order valence-corrected chi connectivity index (χ4v) is 5.74. The zero-order valence-corrected chi connectivity index (χ0v) is 20.1. The number of sulfonamides is 1. The van der Waals surface area contributed by atoms with Gasteiger partial charge in [-0.2, -0.15) is 0 Å². The van der Waals surface area contributed by atoms with Crippen molar-refractivity contribution in [3.05, 3.63) is 52.3 Å². The number of rotatable bonds is 5. The van der Waals surface area contributed by atoms with Crippen LogP contribution in [-0.2, 0) is 21.3 Å². The van der Waals surface area contributed by atoms with Gasteiger partial charge < -0.3 is 23.5 Å². The number of nitrogens with zero attached hydrogens (tertiary/aromatic N) is 1. The molecule has 1 fully saturated rings. The van der Waals surface area contributed by atoms with Gasteiger partial charge in [0, 0.05) is 30.6 Å². The second kappa shape index (κ2) is 8.61. The largest absolute Gasteiger partial charge is 0.454 e. The smallest absolute Gasteiger partial charge is 0.290 e. The van der Waals surface area contributed by atoms with Gasteiger partial charge in [0.15, 0.2) is 22.8 Å². The summed E-state index contributed by atoms with van der Waals surface area (Å²) in [6.45, 7) is 7.45. The molecule has 34 heavy (non-hydrogen) atoms. The van der Waals surface area contributed by atoms with Crippen molar-refractivity contribution in [2.75, 3.05) is 33.1 Å². The Morgan fingerprint density at radius 1 is 1.03 bits per heavy atom. The topological polar surface area (TPSA) is 107 Å². The third-order valence-corrected chi connectivity index (χ3v) is 7.91. The Bertz CT molecular complexity index is 1390. The van der Waals surface area contributed by atoms with Gasteiger partial charge in [-0.15, -0.1) is 0 Å². The number of carbonyl (C=O) groups is 1. The van der Waals surface area contributed by atoms with Crippen LogP contribution in [0.1, 0.15) is 32.8 Å². The van der Waals surface area contributed by atoms with Gasteiger partial charge in [0.1, 0.15) is 4.90 Å². The van der Waals surface area contributed by atoms with Crippen molar-refractivity contribution in [1.82, 2.24) is 9.62 Å². The van der Waals surface area contributed by atoms with E-state index in [4.69, 9.17) is 18.6 Å². The summed E-state index contributed by atoms with van der Waals surface area (Å²) in [5.74, 6) is 1.11. The zero-order valence-electron chi connectivity index (χ0n) is 19.3. The van der Waals surface area contributed by atoms with E-state index < -0.39 is 10.0 Å². The molecule has 3 heterocycles. The molecule has 0 saturated carbocycles. The number of benzene rings is 2. The molecule has 5 rings (SSSR count). The highest BCUT2D eigenvalue weighted by molar-refractivity contribution is 7.89. The van der Waals surface area contributed by atoms with Gasteiger partial charge in [-0.3, -0.25) is 4.79 Å². The number of amides is 1. The first-order valence-corrected chi connectivity index (χ1v) is 12.5. The molecule has 2 aromatic carbocycles. The van der Waals surface area contributed by atoms with E-state index in [2.05, 4.69) is 4.72 Å². The standard InChI is InChI=1S/C24H26N2O7S/c1-14-10-18-16(3)21(24(27)26-6-8-30-9-7-26)33-22(18)23(15(14)2)34(28,29)25-12-17-4-5-19-20(11-17)32-13-31-19/h4-5,10-11,25H,6-9,12-13H2,1-3H3. The van der Waals surface area contributed by atoms with Gasteiger partial charge in [-0.25, -0.2) is 13.1 Å². The molecule has 2 aliphatic heterocycles. The highest BCUT2D eigenvalue weighted by atomic mass is 32.2. The molecule has 1 N–H and O–H groups in total. The van der Waals surface area contributed by atoms with E-state index in [9.17, 15) is 13.2 Å². The van der Waals surface area contributed by atoms with E-state index in [0.29, 0.717) is 54.3 Å². The van der Waals surface area contributed by atoms with Crippen molar-refractivity contribution in [3.8, 4) is 11.5 Å². The van der Waals surface area contributed by atoms with Gasteiger partial charge in [-0.1, -0.05) is 6.07 Å². The number of fused-ring (bicyclic) bond motifs is 2. The summed E-state index contributed by atoms with van der Waals surface area (Å²) in [5, 5.41) is 0.614. The Kier molecular flexibility index (Phi) is 5.75. The average molecular weight is 487 g/mol. The molecule has 1 amide bonds. The van der Waals surface area contributed by atoms with Crippen LogP contribution in [0.15, 0.2) is 33.6 Å². The normalized spacial score (nSPS) is 15.8. The second-order valence-corrected chi connectivity index (χ2v) is 10.2. The first kappa shape index (κ1) is 22.7. The van der Waals surface area contributed by atoms with Crippen LogP contribution in [0.25, 0.3) is 11.0 Å². The minimum atomic E-state index is -3.97. The van der Waals surface area contributed by atoms with E-state index in [0.717, 1.165) is 11.1 Å². The van der Waals surface area contributed by atoms with Crippen molar-refractivity contribution >= 4 is 26.9 Å². The van der Waals surface area contributed by atoms with E-state index in [1.165, 1.54) is 0 Å².